The molecular formula is C5H5N4+. The Labute approximate surface area is 51.8 Å². The quantitative estimate of drug-likeness (QED) is 0.385. The lowest BCUT2D eigenvalue weighted by Crippen LogP contribution is -2.73. The Morgan fingerprint density at radius 1 is 1.44 bits per heavy atom. The van der Waals surface area contributed by atoms with Gasteiger partial charge in [-0.3, -0.25) is 4.99 Å². The summed E-state index contributed by atoms with van der Waals surface area (Å²) in [5.74, 6) is 0.744. The van der Waals surface area contributed by atoms with Gasteiger partial charge in [0, 0.05) is 0 Å². The molecule has 0 aromatic rings. The maximum absolute atomic E-state index is 3.97. The zero-order valence-corrected chi connectivity index (χ0v) is 4.70. The van der Waals surface area contributed by atoms with E-state index in [2.05, 4.69) is 20.0 Å². The molecule has 0 saturated carbocycles. The van der Waals surface area contributed by atoms with Crippen LogP contribution >= 0.6 is 0 Å². The Morgan fingerprint density at radius 2 is 2.44 bits per heavy atom. The van der Waals surface area contributed by atoms with Crippen LogP contribution in [-0.4, -0.2) is 30.8 Å². The minimum Gasteiger partial charge on any atom is -0.271 e. The minimum absolute atomic E-state index is 0.744. The van der Waals surface area contributed by atoms with E-state index in [1.165, 1.54) is 6.34 Å². The molecule has 0 spiro atoms. The van der Waals surface area contributed by atoms with E-state index in [1.807, 2.05) is 0 Å². The van der Waals surface area contributed by atoms with E-state index in [0.29, 0.717) is 0 Å². The summed E-state index contributed by atoms with van der Waals surface area (Å²) < 4.78 is 0. The van der Waals surface area contributed by atoms with Crippen LogP contribution in [0.3, 0.4) is 0 Å². The van der Waals surface area contributed by atoms with Gasteiger partial charge in [0.15, 0.2) is 5.71 Å². The Bertz CT molecular complexity index is 246. The average Bonchev–Trinajstić information content (AvgIpc) is 2.33. The fourth-order valence-electron chi connectivity index (χ4n) is 0.767. The zero-order chi connectivity index (χ0) is 6.10. The third-order valence-corrected chi connectivity index (χ3v) is 1.20. The maximum Gasteiger partial charge on any atom is 0.293 e. The van der Waals surface area contributed by atoms with Gasteiger partial charge in [0.05, 0.1) is 0 Å². The molecule has 4 heteroatoms. The highest BCUT2D eigenvalue weighted by atomic mass is 15.1. The molecule has 44 valence electrons. The number of amidine groups is 1. The average molecular weight is 121 g/mol. The SMILES string of the molecule is C1=NC2=NC=[NH+]CC2=N1. The van der Waals surface area contributed by atoms with Crippen LogP contribution in [0, 0.1) is 0 Å². The van der Waals surface area contributed by atoms with Crippen molar-refractivity contribution in [3.8, 4) is 0 Å². The maximum atomic E-state index is 3.97. The van der Waals surface area contributed by atoms with Crippen molar-refractivity contribution in [2.45, 2.75) is 0 Å². The largest absolute Gasteiger partial charge is 0.293 e. The Morgan fingerprint density at radius 3 is 3.33 bits per heavy atom. The molecule has 0 amide bonds. The molecule has 0 aliphatic carbocycles. The predicted octanol–water partition coefficient (Wildman–Crippen LogP) is -2.01. The second-order valence-electron chi connectivity index (χ2n) is 1.78. The number of fused-ring (bicyclic) bond motifs is 1. The van der Waals surface area contributed by atoms with Gasteiger partial charge < -0.3 is 0 Å². The Hall–Kier alpha value is -1.32. The summed E-state index contributed by atoms with van der Waals surface area (Å²) in [5.41, 5.74) is 0.928. The summed E-state index contributed by atoms with van der Waals surface area (Å²) in [6, 6.07) is 0. The fourth-order valence-corrected chi connectivity index (χ4v) is 0.767. The highest BCUT2D eigenvalue weighted by Gasteiger charge is 2.19. The summed E-state index contributed by atoms with van der Waals surface area (Å²) in [7, 11) is 0. The number of hydrogen-bond donors (Lipinski definition) is 1. The first-order valence-corrected chi connectivity index (χ1v) is 2.69. The Balaban J connectivity index is 2.46. The van der Waals surface area contributed by atoms with Crippen molar-refractivity contribution in [1.82, 2.24) is 0 Å². The lowest BCUT2D eigenvalue weighted by molar-refractivity contribution is -0.434. The zero-order valence-electron chi connectivity index (χ0n) is 4.70. The van der Waals surface area contributed by atoms with Gasteiger partial charge in [0.1, 0.15) is 12.9 Å². The summed E-state index contributed by atoms with van der Waals surface area (Å²) in [4.78, 5) is 14.8. The van der Waals surface area contributed by atoms with Gasteiger partial charge in [-0.15, -0.1) is 0 Å². The van der Waals surface area contributed by atoms with E-state index >= 15 is 0 Å². The van der Waals surface area contributed by atoms with Crippen LogP contribution in [-0.2, 0) is 0 Å². The fraction of sp³-hybridized carbons (Fsp3) is 0.200. The smallest absolute Gasteiger partial charge is 0.271 e. The van der Waals surface area contributed by atoms with Crippen molar-refractivity contribution < 1.29 is 4.99 Å². The molecule has 0 aromatic heterocycles. The van der Waals surface area contributed by atoms with Crippen molar-refractivity contribution in [2.24, 2.45) is 15.0 Å². The predicted molar refractivity (Wildman–Crippen MR) is 35.3 cm³/mol. The number of hydrogen-bond acceptors (Lipinski definition) is 3. The monoisotopic (exact) mass is 121 g/mol. The normalized spacial score (nSPS) is 21.3. The van der Waals surface area contributed by atoms with Crippen LogP contribution in [0.2, 0.25) is 0 Å². The summed E-state index contributed by atoms with van der Waals surface area (Å²) >= 11 is 0. The van der Waals surface area contributed by atoms with E-state index in [4.69, 9.17) is 0 Å². The second-order valence-corrected chi connectivity index (χ2v) is 1.78. The van der Waals surface area contributed by atoms with Gasteiger partial charge in [-0.1, -0.05) is 0 Å². The molecule has 1 N–H and O–H groups in total. The van der Waals surface area contributed by atoms with Crippen LogP contribution in [0.4, 0.5) is 0 Å². The summed E-state index contributed by atoms with van der Waals surface area (Å²) in [5, 5.41) is 0. The molecule has 0 saturated heterocycles. The molecule has 0 atom stereocenters. The topological polar surface area (TPSA) is 51.0 Å². The molecule has 0 aromatic carbocycles. The molecule has 0 fully saturated rings. The molecule has 2 aliphatic heterocycles. The molecule has 2 heterocycles. The lowest BCUT2D eigenvalue weighted by atomic mass is 10.3. The standard InChI is InChI=1S/C5H4N4/c1-4-5(8-2-6-1)9-3-7-4/h2-3H,1H2/p+1. The van der Waals surface area contributed by atoms with Gasteiger partial charge in [-0.25, -0.2) is 4.99 Å². The molecule has 0 bridgehead atoms. The van der Waals surface area contributed by atoms with Crippen LogP contribution in [0.25, 0.3) is 0 Å². The highest BCUT2D eigenvalue weighted by Crippen LogP contribution is 1.92. The molecular weight excluding hydrogens is 116 g/mol. The minimum atomic E-state index is 0.744. The molecule has 0 radical (unpaired) electrons. The molecule has 2 rings (SSSR count). The molecule has 4 nitrogen and oxygen atoms in total. The highest BCUT2D eigenvalue weighted by molar-refractivity contribution is 6.47. The number of rotatable bonds is 0. The third-order valence-electron chi connectivity index (χ3n) is 1.20. The van der Waals surface area contributed by atoms with E-state index in [1.54, 1.807) is 6.34 Å². The van der Waals surface area contributed by atoms with Crippen LogP contribution in [0.15, 0.2) is 15.0 Å². The van der Waals surface area contributed by atoms with Crippen LogP contribution in [0.5, 0.6) is 0 Å². The summed E-state index contributed by atoms with van der Waals surface area (Å²) in [6.07, 6.45) is 3.16. The van der Waals surface area contributed by atoms with Gasteiger partial charge >= 0.3 is 0 Å². The van der Waals surface area contributed by atoms with Crippen molar-refractivity contribution >= 4 is 24.2 Å². The van der Waals surface area contributed by atoms with E-state index in [9.17, 15) is 0 Å². The van der Waals surface area contributed by atoms with Gasteiger partial charge in [0.25, 0.3) is 12.2 Å². The van der Waals surface area contributed by atoms with Gasteiger partial charge in [-0.05, 0) is 4.99 Å². The van der Waals surface area contributed by atoms with Crippen molar-refractivity contribution in [3.63, 3.8) is 0 Å². The number of nitrogens with zero attached hydrogens (tertiary/aromatic N) is 3. The first-order valence-electron chi connectivity index (χ1n) is 2.69. The van der Waals surface area contributed by atoms with Crippen LogP contribution in [0.1, 0.15) is 0 Å². The second kappa shape index (κ2) is 1.58. The first-order chi connectivity index (χ1) is 4.47. The number of aliphatic imine (C=N–C) groups is 3. The number of nitrogens with one attached hydrogen (secondary N) is 1. The van der Waals surface area contributed by atoms with Crippen molar-refractivity contribution in [2.75, 3.05) is 6.54 Å². The van der Waals surface area contributed by atoms with Gasteiger partial charge in [-0.2, -0.15) is 4.99 Å². The van der Waals surface area contributed by atoms with Gasteiger partial charge in [0.2, 0.25) is 0 Å². The van der Waals surface area contributed by atoms with Crippen LogP contribution < -0.4 is 4.99 Å². The molecule has 0 unspecified atom stereocenters. The van der Waals surface area contributed by atoms with Crippen molar-refractivity contribution in [3.05, 3.63) is 0 Å². The lowest BCUT2D eigenvalue weighted by Gasteiger charge is -1.90. The first kappa shape index (κ1) is 4.55. The van der Waals surface area contributed by atoms with Crippen molar-refractivity contribution in [1.29, 1.82) is 0 Å². The van der Waals surface area contributed by atoms with E-state index < -0.39 is 0 Å². The third kappa shape index (κ3) is 0.595. The Kier molecular flexibility index (Phi) is 0.798. The van der Waals surface area contributed by atoms with E-state index in [0.717, 1.165) is 18.1 Å². The molecule has 2 aliphatic rings. The van der Waals surface area contributed by atoms with E-state index in [-0.39, 0.29) is 0 Å². The molecule has 9 heavy (non-hydrogen) atoms. The summed E-state index contributed by atoms with van der Waals surface area (Å²) in [6.45, 7) is 0.749.